The van der Waals surface area contributed by atoms with Crippen molar-refractivity contribution >= 4 is 21.6 Å². The molecule has 0 bridgehead atoms. The molecule has 0 saturated carbocycles. The highest BCUT2D eigenvalue weighted by Crippen LogP contribution is 2.25. The normalized spacial score (nSPS) is 15.1. The molecule has 1 saturated heterocycles. The first kappa shape index (κ1) is 22.8. The van der Waals surface area contributed by atoms with Crippen LogP contribution in [0.25, 0.3) is 0 Å². The van der Waals surface area contributed by atoms with Gasteiger partial charge in [0.1, 0.15) is 10.7 Å². The molecular formula is C25H24FN3O3S. The number of halogens is 1. The average Bonchev–Trinajstić information content (AvgIpc) is 2.85. The summed E-state index contributed by atoms with van der Waals surface area (Å²) in [5, 5.41) is 4.40. The summed E-state index contributed by atoms with van der Waals surface area (Å²) >= 11 is 0. The van der Waals surface area contributed by atoms with E-state index in [9.17, 15) is 17.6 Å². The van der Waals surface area contributed by atoms with Crippen molar-refractivity contribution in [2.24, 2.45) is 11.0 Å². The van der Waals surface area contributed by atoms with E-state index in [0.29, 0.717) is 18.6 Å². The number of carbonyl (C=O) groups excluding carboxylic acids is 1. The van der Waals surface area contributed by atoms with Crippen LogP contribution in [-0.4, -0.2) is 37.4 Å². The third-order valence-electron chi connectivity index (χ3n) is 5.65. The molecule has 4 rings (SSSR count). The van der Waals surface area contributed by atoms with E-state index in [4.69, 9.17) is 0 Å². The number of hydrogen-bond acceptors (Lipinski definition) is 4. The quantitative estimate of drug-likeness (QED) is 0.444. The Morgan fingerprint density at radius 2 is 1.36 bits per heavy atom. The van der Waals surface area contributed by atoms with Gasteiger partial charge < -0.3 is 0 Å². The largest absolute Gasteiger partial charge is 0.273 e. The predicted octanol–water partition coefficient (Wildman–Crippen LogP) is 3.80. The lowest BCUT2D eigenvalue weighted by molar-refractivity contribution is -0.126. The fourth-order valence-corrected chi connectivity index (χ4v) is 5.38. The van der Waals surface area contributed by atoms with E-state index in [2.05, 4.69) is 10.5 Å². The van der Waals surface area contributed by atoms with Gasteiger partial charge >= 0.3 is 0 Å². The van der Waals surface area contributed by atoms with Crippen LogP contribution in [0.15, 0.2) is 94.9 Å². The fraction of sp³-hybridized carbons (Fsp3) is 0.200. The molecule has 3 aromatic rings. The maximum atomic E-state index is 14.0. The minimum Gasteiger partial charge on any atom is -0.273 e. The van der Waals surface area contributed by atoms with Gasteiger partial charge in [-0.2, -0.15) is 9.41 Å². The zero-order valence-electron chi connectivity index (χ0n) is 17.9. The Balaban J connectivity index is 1.44. The molecule has 1 heterocycles. The smallest absolute Gasteiger partial charge is 0.245 e. The van der Waals surface area contributed by atoms with Crippen molar-refractivity contribution in [3.63, 3.8) is 0 Å². The van der Waals surface area contributed by atoms with Crippen LogP contribution in [0.5, 0.6) is 0 Å². The minimum absolute atomic E-state index is 0.142. The monoisotopic (exact) mass is 465 g/mol. The van der Waals surface area contributed by atoms with E-state index in [-0.39, 0.29) is 29.8 Å². The fourth-order valence-electron chi connectivity index (χ4n) is 3.84. The molecular weight excluding hydrogens is 441 g/mol. The molecule has 1 amide bonds. The van der Waals surface area contributed by atoms with Gasteiger partial charge in [-0.3, -0.25) is 4.79 Å². The van der Waals surface area contributed by atoms with Gasteiger partial charge in [0.05, 0.1) is 5.71 Å². The summed E-state index contributed by atoms with van der Waals surface area (Å²) in [4.78, 5) is 12.5. The van der Waals surface area contributed by atoms with Gasteiger partial charge in [0, 0.05) is 30.1 Å². The van der Waals surface area contributed by atoms with Gasteiger partial charge in [-0.1, -0.05) is 72.8 Å². The van der Waals surface area contributed by atoms with Gasteiger partial charge in [-0.25, -0.2) is 18.2 Å². The van der Waals surface area contributed by atoms with Crippen molar-refractivity contribution in [1.29, 1.82) is 0 Å². The second-order valence-electron chi connectivity index (χ2n) is 7.78. The summed E-state index contributed by atoms with van der Waals surface area (Å²) in [5.41, 5.74) is 5.05. The SMILES string of the molecule is O=C(NN=C(c1ccccc1)c1ccccc1)C1CCN(S(=O)(=O)c2ccccc2F)CC1. The van der Waals surface area contributed by atoms with Crippen LogP contribution >= 0.6 is 0 Å². The maximum Gasteiger partial charge on any atom is 0.245 e. The molecule has 0 aliphatic carbocycles. The number of rotatable bonds is 6. The maximum absolute atomic E-state index is 14.0. The molecule has 1 aliphatic rings. The highest BCUT2D eigenvalue weighted by molar-refractivity contribution is 7.89. The number of nitrogens with one attached hydrogen (secondary N) is 1. The van der Waals surface area contributed by atoms with Crippen LogP contribution in [0.2, 0.25) is 0 Å². The molecule has 0 radical (unpaired) electrons. The molecule has 1 N–H and O–H groups in total. The molecule has 0 unspecified atom stereocenters. The van der Waals surface area contributed by atoms with E-state index in [1.54, 1.807) is 0 Å². The Hall–Kier alpha value is -3.36. The highest BCUT2D eigenvalue weighted by atomic mass is 32.2. The summed E-state index contributed by atoms with van der Waals surface area (Å²) in [6.45, 7) is 0.283. The van der Waals surface area contributed by atoms with Crippen LogP contribution in [0.1, 0.15) is 24.0 Å². The number of piperidine rings is 1. The highest BCUT2D eigenvalue weighted by Gasteiger charge is 2.33. The van der Waals surface area contributed by atoms with Gasteiger partial charge in [-0.05, 0) is 25.0 Å². The van der Waals surface area contributed by atoms with Crippen molar-refractivity contribution in [1.82, 2.24) is 9.73 Å². The first-order valence-electron chi connectivity index (χ1n) is 10.7. The van der Waals surface area contributed by atoms with Gasteiger partial charge in [0.25, 0.3) is 0 Å². The lowest BCUT2D eigenvalue weighted by Gasteiger charge is -2.30. The molecule has 6 nitrogen and oxygen atoms in total. The topological polar surface area (TPSA) is 78.8 Å². The first-order valence-corrected chi connectivity index (χ1v) is 12.1. The third-order valence-corrected chi connectivity index (χ3v) is 7.58. The molecule has 0 spiro atoms. The molecule has 1 aliphatic heterocycles. The number of benzene rings is 3. The zero-order chi connectivity index (χ0) is 23.3. The van der Waals surface area contributed by atoms with Gasteiger partial charge in [-0.15, -0.1) is 0 Å². The van der Waals surface area contributed by atoms with Crippen LogP contribution < -0.4 is 5.43 Å². The Bertz CT molecular complexity index is 1200. The van der Waals surface area contributed by atoms with E-state index < -0.39 is 15.8 Å². The standard InChI is InChI=1S/C25H24FN3O3S/c26-22-13-7-8-14-23(22)33(31,32)29-17-15-21(16-18-29)25(30)28-27-24(19-9-3-1-4-10-19)20-11-5-2-6-12-20/h1-14,21H,15-18H2,(H,28,30). The Labute approximate surface area is 192 Å². The number of amides is 1. The second kappa shape index (κ2) is 10.1. The average molecular weight is 466 g/mol. The van der Waals surface area contributed by atoms with E-state index >= 15 is 0 Å². The Kier molecular flexibility index (Phi) is 6.96. The van der Waals surface area contributed by atoms with Gasteiger partial charge in [0.15, 0.2) is 0 Å². The molecule has 170 valence electrons. The lowest BCUT2D eigenvalue weighted by Crippen LogP contribution is -2.42. The summed E-state index contributed by atoms with van der Waals surface area (Å²) in [7, 11) is -3.94. The molecule has 3 aromatic carbocycles. The molecule has 0 aromatic heterocycles. The minimum atomic E-state index is -3.94. The van der Waals surface area contributed by atoms with Crippen LogP contribution in [0.3, 0.4) is 0 Å². The number of carbonyl (C=O) groups is 1. The van der Waals surface area contributed by atoms with Crippen molar-refractivity contribution in [2.45, 2.75) is 17.7 Å². The Morgan fingerprint density at radius 1 is 0.848 bits per heavy atom. The molecule has 0 atom stereocenters. The third kappa shape index (κ3) is 5.18. The van der Waals surface area contributed by atoms with Gasteiger partial charge in [0.2, 0.25) is 15.9 Å². The number of hydrogen-bond donors (Lipinski definition) is 1. The van der Waals surface area contributed by atoms with E-state index in [0.717, 1.165) is 17.2 Å². The molecule has 8 heteroatoms. The van der Waals surface area contributed by atoms with Crippen LogP contribution in [-0.2, 0) is 14.8 Å². The summed E-state index contributed by atoms with van der Waals surface area (Å²) < 4.78 is 40.8. The second-order valence-corrected chi connectivity index (χ2v) is 9.68. The van der Waals surface area contributed by atoms with Crippen LogP contribution in [0, 0.1) is 11.7 Å². The first-order chi connectivity index (χ1) is 16.0. The van der Waals surface area contributed by atoms with Crippen molar-refractivity contribution < 1.29 is 17.6 Å². The number of hydrazone groups is 1. The van der Waals surface area contributed by atoms with Crippen molar-refractivity contribution in [3.8, 4) is 0 Å². The number of sulfonamides is 1. The Morgan fingerprint density at radius 3 is 1.91 bits per heavy atom. The summed E-state index contributed by atoms with van der Waals surface area (Å²) in [5.74, 6) is -1.42. The van der Waals surface area contributed by atoms with E-state index in [1.807, 2.05) is 60.7 Å². The zero-order valence-corrected chi connectivity index (χ0v) is 18.7. The predicted molar refractivity (Wildman–Crippen MR) is 125 cm³/mol. The summed E-state index contributed by atoms with van der Waals surface area (Å²) in [6, 6.07) is 24.4. The molecule has 33 heavy (non-hydrogen) atoms. The van der Waals surface area contributed by atoms with Crippen LogP contribution in [0.4, 0.5) is 4.39 Å². The number of nitrogens with zero attached hydrogens (tertiary/aromatic N) is 2. The van der Waals surface area contributed by atoms with E-state index in [1.165, 1.54) is 22.5 Å². The van der Waals surface area contributed by atoms with Crippen molar-refractivity contribution in [3.05, 3.63) is 102 Å². The molecule has 1 fully saturated rings. The van der Waals surface area contributed by atoms with Crippen molar-refractivity contribution in [2.75, 3.05) is 13.1 Å². The lowest BCUT2D eigenvalue weighted by atomic mass is 9.97. The summed E-state index contributed by atoms with van der Waals surface area (Å²) in [6.07, 6.45) is 0.669.